The summed E-state index contributed by atoms with van der Waals surface area (Å²) in [5, 5.41) is 0.412. The summed E-state index contributed by atoms with van der Waals surface area (Å²) in [5.41, 5.74) is 2.81. The maximum Gasteiger partial charge on any atom is 0.0512 e. The van der Waals surface area contributed by atoms with Crippen LogP contribution >= 0.6 is 11.8 Å². The lowest BCUT2D eigenvalue weighted by Crippen LogP contribution is -2.21. The molecule has 4 rings (SSSR count). The maximum atomic E-state index is 5.97. The van der Waals surface area contributed by atoms with Crippen LogP contribution in [0.25, 0.3) is 0 Å². The lowest BCUT2D eigenvalue weighted by Gasteiger charge is -2.27. The van der Waals surface area contributed by atoms with Crippen LogP contribution in [0.4, 0.5) is 0 Å². The smallest absolute Gasteiger partial charge is 0.0512 e. The van der Waals surface area contributed by atoms with Crippen LogP contribution in [-0.2, 0) is 11.2 Å². The fraction of sp³-hybridized carbons (Fsp3) is 0.250. The van der Waals surface area contributed by atoms with Gasteiger partial charge in [-0.1, -0.05) is 78.9 Å². The van der Waals surface area contributed by atoms with Crippen molar-refractivity contribution < 1.29 is 4.74 Å². The fourth-order valence-electron chi connectivity index (χ4n) is 3.77. The highest BCUT2D eigenvalue weighted by molar-refractivity contribution is 7.99. The van der Waals surface area contributed by atoms with E-state index in [0.29, 0.717) is 17.1 Å². The number of hydrogen-bond acceptors (Lipinski definition) is 2. The molecular weight excluding hydrogens is 336 g/mol. The zero-order valence-electron chi connectivity index (χ0n) is 14.8. The molecule has 3 aromatic carbocycles. The molecule has 0 saturated carbocycles. The van der Waals surface area contributed by atoms with Crippen LogP contribution in [0.15, 0.2) is 95.9 Å². The molecular formula is C24H24OS. The maximum absolute atomic E-state index is 5.97. The van der Waals surface area contributed by atoms with E-state index in [0.717, 1.165) is 19.6 Å². The van der Waals surface area contributed by atoms with Crippen molar-refractivity contribution in [1.29, 1.82) is 0 Å². The van der Waals surface area contributed by atoms with E-state index >= 15 is 0 Å². The molecule has 1 unspecified atom stereocenters. The Hall–Kier alpha value is -2.03. The standard InChI is InChI=1S/C24H24OS/c1-4-10-19(11-5-1)16-21-17-25-18-23(21)24(20-12-6-2-7-13-20)26-22-14-8-3-9-15-22/h1-15,21,23-24H,16-18H2/t21-,23-,24?/m0/s1. The van der Waals surface area contributed by atoms with Crippen LogP contribution in [0.5, 0.6) is 0 Å². The summed E-state index contributed by atoms with van der Waals surface area (Å²) in [7, 11) is 0. The Kier molecular flexibility index (Phi) is 5.73. The van der Waals surface area contributed by atoms with Crippen molar-refractivity contribution >= 4 is 11.8 Å². The Morgan fingerprint density at radius 3 is 2.08 bits per heavy atom. The van der Waals surface area contributed by atoms with Crippen molar-refractivity contribution in [3.8, 4) is 0 Å². The number of hydrogen-bond donors (Lipinski definition) is 0. The molecule has 2 heteroatoms. The number of benzene rings is 3. The SMILES string of the molecule is c1ccc(C[C@H]2COC[C@@H]2C(Sc2ccccc2)c2ccccc2)cc1. The molecule has 1 saturated heterocycles. The van der Waals surface area contributed by atoms with E-state index in [1.54, 1.807) is 0 Å². The van der Waals surface area contributed by atoms with E-state index in [-0.39, 0.29) is 0 Å². The van der Waals surface area contributed by atoms with Gasteiger partial charge in [-0.3, -0.25) is 0 Å². The van der Waals surface area contributed by atoms with Gasteiger partial charge in [0.05, 0.1) is 13.2 Å². The quantitative estimate of drug-likeness (QED) is 0.497. The molecule has 1 aliphatic heterocycles. The van der Waals surface area contributed by atoms with Gasteiger partial charge in [0.25, 0.3) is 0 Å². The van der Waals surface area contributed by atoms with Gasteiger partial charge in [-0.05, 0) is 35.6 Å². The summed E-state index contributed by atoms with van der Waals surface area (Å²) >= 11 is 1.97. The van der Waals surface area contributed by atoms with Crippen molar-refractivity contribution in [2.24, 2.45) is 11.8 Å². The average Bonchev–Trinajstić information content (AvgIpc) is 3.16. The Bertz CT molecular complexity index is 788. The molecule has 3 aromatic rings. The molecule has 0 aliphatic carbocycles. The molecule has 0 bridgehead atoms. The number of thioether (sulfide) groups is 1. The van der Waals surface area contributed by atoms with Gasteiger partial charge in [0.15, 0.2) is 0 Å². The summed E-state index contributed by atoms with van der Waals surface area (Å²) in [6.07, 6.45) is 1.09. The molecule has 1 fully saturated rings. The molecule has 0 spiro atoms. The summed E-state index contributed by atoms with van der Waals surface area (Å²) in [4.78, 5) is 1.33. The van der Waals surface area contributed by atoms with Crippen molar-refractivity contribution in [1.82, 2.24) is 0 Å². The van der Waals surface area contributed by atoms with Gasteiger partial charge < -0.3 is 4.74 Å². The minimum absolute atomic E-state index is 0.412. The Morgan fingerprint density at radius 1 is 0.769 bits per heavy atom. The van der Waals surface area contributed by atoms with Gasteiger partial charge in [-0.15, -0.1) is 11.8 Å². The van der Waals surface area contributed by atoms with E-state index in [1.807, 2.05) is 11.8 Å². The minimum Gasteiger partial charge on any atom is -0.381 e. The van der Waals surface area contributed by atoms with E-state index in [9.17, 15) is 0 Å². The van der Waals surface area contributed by atoms with Gasteiger partial charge in [0.2, 0.25) is 0 Å². The van der Waals surface area contributed by atoms with Crippen LogP contribution in [0.1, 0.15) is 16.4 Å². The topological polar surface area (TPSA) is 9.23 Å². The third-order valence-electron chi connectivity index (χ3n) is 5.11. The van der Waals surface area contributed by atoms with Gasteiger partial charge in [0, 0.05) is 16.1 Å². The molecule has 1 heterocycles. The molecule has 1 aliphatic rings. The van der Waals surface area contributed by atoms with Crippen molar-refractivity contribution in [3.05, 3.63) is 102 Å². The van der Waals surface area contributed by atoms with Crippen molar-refractivity contribution in [2.45, 2.75) is 16.6 Å². The summed E-state index contributed by atoms with van der Waals surface area (Å²) in [6.45, 7) is 1.70. The van der Waals surface area contributed by atoms with E-state index in [4.69, 9.17) is 4.74 Å². The molecule has 0 N–H and O–H groups in total. The molecule has 1 nitrogen and oxygen atoms in total. The van der Waals surface area contributed by atoms with Gasteiger partial charge >= 0.3 is 0 Å². The van der Waals surface area contributed by atoms with E-state index in [2.05, 4.69) is 91.0 Å². The minimum atomic E-state index is 0.412. The summed E-state index contributed by atoms with van der Waals surface area (Å²) in [5.74, 6) is 1.07. The third kappa shape index (κ3) is 4.20. The van der Waals surface area contributed by atoms with Gasteiger partial charge in [-0.25, -0.2) is 0 Å². The number of rotatable bonds is 6. The lowest BCUT2D eigenvalue weighted by atomic mass is 9.85. The second-order valence-electron chi connectivity index (χ2n) is 6.91. The monoisotopic (exact) mass is 360 g/mol. The molecule has 0 aromatic heterocycles. The third-order valence-corrected chi connectivity index (χ3v) is 6.53. The Labute approximate surface area is 160 Å². The van der Waals surface area contributed by atoms with Crippen molar-refractivity contribution in [2.75, 3.05) is 13.2 Å². The zero-order valence-corrected chi connectivity index (χ0v) is 15.6. The van der Waals surface area contributed by atoms with Crippen LogP contribution in [-0.4, -0.2) is 13.2 Å². The summed E-state index contributed by atoms with van der Waals surface area (Å²) < 4.78 is 5.97. The molecule has 26 heavy (non-hydrogen) atoms. The second kappa shape index (κ2) is 8.57. The van der Waals surface area contributed by atoms with E-state index in [1.165, 1.54) is 16.0 Å². The first-order valence-corrected chi connectivity index (χ1v) is 10.2. The Balaban J connectivity index is 1.60. The zero-order chi connectivity index (χ0) is 17.6. The first kappa shape index (κ1) is 17.4. The molecule has 3 atom stereocenters. The largest absolute Gasteiger partial charge is 0.381 e. The van der Waals surface area contributed by atoms with Crippen LogP contribution < -0.4 is 0 Å². The van der Waals surface area contributed by atoms with Gasteiger partial charge in [-0.2, -0.15) is 0 Å². The fourth-order valence-corrected chi connectivity index (χ4v) is 5.14. The lowest BCUT2D eigenvalue weighted by molar-refractivity contribution is 0.180. The molecule has 0 amide bonds. The first-order valence-electron chi connectivity index (χ1n) is 9.28. The highest BCUT2D eigenvalue weighted by atomic mass is 32.2. The van der Waals surface area contributed by atoms with E-state index < -0.39 is 0 Å². The normalized spacial score (nSPS) is 20.8. The van der Waals surface area contributed by atoms with Crippen LogP contribution in [0.3, 0.4) is 0 Å². The average molecular weight is 361 g/mol. The second-order valence-corrected chi connectivity index (χ2v) is 8.13. The van der Waals surface area contributed by atoms with Gasteiger partial charge in [0.1, 0.15) is 0 Å². The first-order chi connectivity index (χ1) is 12.9. The predicted molar refractivity (Wildman–Crippen MR) is 109 cm³/mol. The van der Waals surface area contributed by atoms with Crippen LogP contribution in [0, 0.1) is 11.8 Å². The van der Waals surface area contributed by atoms with Crippen molar-refractivity contribution in [3.63, 3.8) is 0 Å². The highest BCUT2D eigenvalue weighted by Gasteiger charge is 2.36. The number of ether oxygens (including phenoxy) is 1. The molecule has 0 radical (unpaired) electrons. The summed E-state index contributed by atoms with van der Waals surface area (Å²) in [6, 6.07) is 32.5. The highest BCUT2D eigenvalue weighted by Crippen LogP contribution is 2.46. The van der Waals surface area contributed by atoms with Crippen LogP contribution in [0.2, 0.25) is 0 Å². The predicted octanol–water partition coefficient (Wildman–Crippen LogP) is 6.03. The Morgan fingerprint density at radius 2 is 1.38 bits per heavy atom. The molecule has 132 valence electrons.